The largest absolute Gasteiger partial charge is 0.455 e. The van der Waals surface area contributed by atoms with Gasteiger partial charge >= 0.3 is 5.97 Å². The molecule has 0 saturated carbocycles. The number of carbonyl (C=O) groups excluding carboxylic acids is 1. The molecular formula is C14H18N4O4. The smallest absolute Gasteiger partial charge is 0.373 e. The Morgan fingerprint density at radius 3 is 2.77 bits per heavy atom. The molecule has 0 amide bonds. The molecule has 0 bridgehead atoms. The van der Waals surface area contributed by atoms with Gasteiger partial charge in [0.05, 0.1) is 4.92 Å². The van der Waals surface area contributed by atoms with Gasteiger partial charge in [-0.1, -0.05) is 0 Å². The summed E-state index contributed by atoms with van der Waals surface area (Å²) in [6.45, 7) is 2.35. The molecule has 1 heterocycles. The molecule has 1 aliphatic rings. The zero-order valence-corrected chi connectivity index (χ0v) is 12.0. The first kappa shape index (κ1) is 15.9. The molecule has 1 saturated heterocycles. The number of nitrogens with two attached hydrogens (primary N) is 1. The molecule has 1 atom stereocenters. The quantitative estimate of drug-likeness (QED) is 0.270. The van der Waals surface area contributed by atoms with Crippen molar-refractivity contribution in [2.75, 3.05) is 19.6 Å². The highest BCUT2D eigenvalue weighted by Gasteiger charge is 2.15. The summed E-state index contributed by atoms with van der Waals surface area (Å²) in [5.74, 6) is -0.417. The van der Waals surface area contributed by atoms with Crippen LogP contribution in [0.5, 0.6) is 0 Å². The van der Waals surface area contributed by atoms with Crippen LogP contribution in [0.3, 0.4) is 0 Å². The molecule has 1 fully saturated rings. The van der Waals surface area contributed by atoms with Crippen LogP contribution < -0.4 is 11.1 Å². The van der Waals surface area contributed by atoms with Crippen molar-refractivity contribution in [3.05, 3.63) is 39.9 Å². The number of nitrogens with one attached hydrogen (secondary N) is 1. The number of aliphatic imine (C=N–C) groups is 1. The molecule has 3 N–H and O–H groups in total. The summed E-state index contributed by atoms with van der Waals surface area (Å²) in [6.07, 6.45) is 1.02. The van der Waals surface area contributed by atoms with Crippen LogP contribution in [0, 0.1) is 16.0 Å². The Morgan fingerprint density at radius 1 is 1.45 bits per heavy atom. The molecule has 1 aromatic carbocycles. The zero-order valence-electron chi connectivity index (χ0n) is 12.0. The van der Waals surface area contributed by atoms with Gasteiger partial charge in [0, 0.05) is 18.7 Å². The van der Waals surface area contributed by atoms with E-state index in [2.05, 4.69) is 10.3 Å². The van der Waals surface area contributed by atoms with Crippen LogP contribution >= 0.6 is 0 Å². The number of esters is 1. The van der Waals surface area contributed by atoms with Gasteiger partial charge in [0.2, 0.25) is 5.84 Å². The Hall–Kier alpha value is -2.48. The van der Waals surface area contributed by atoms with E-state index >= 15 is 0 Å². The Labute approximate surface area is 127 Å². The molecule has 0 aromatic heterocycles. The van der Waals surface area contributed by atoms with Crippen molar-refractivity contribution in [2.24, 2.45) is 16.6 Å². The number of nitro benzene ring substituents is 1. The van der Waals surface area contributed by atoms with Crippen molar-refractivity contribution in [2.45, 2.75) is 13.0 Å². The van der Waals surface area contributed by atoms with Gasteiger partial charge in [-0.3, -0.25) is 15.1 Å². The predicted molar refractivity (Wildman–Crippen MR) is 80.4 cm³/mol. The molecule has 1 aromatic rings. The van der Waals surface area contributed by atoms with Crippen LogP contribution in [-0.4, -0.2) is 36.4 Å². The maximum absolute atomic E-state index is 11.7. The minimum atomic E-state index is -0.677. The van der Waals surface area contributed by atoms with E-state index in [0.717, 1.165) is 19.5 Å². The number of benzene rings is 1. The molecular weight excluding hydrogens is 288 g/mol. The van der Waals surface area contributed by atoms with Crippen molar-refractivity contribution in [1.29, 1.82) is 0 Å². The molecule has 0 unspecified atom stereocenters. The second kappa shape index (κ2) is 7.51. The van der Waals surface area contributed by atoms with Crippen LogP contribution in [0.15, 0.2) is 29.3 Å². The first-order chi connectivity index (χ1) is 10.6. The molecule has 2 rings (SSSR count). The second-order valence-electron chi connectivity index (χ2n) is 5.08. The molecule has 118 valence electrons. The van der Waals surface area contributed by atoms with Gasteiger partial charge in [-0.25, -0.2) is 4.79 Å². The monoisotopic (exact) mass is 306 g/mol. The molecule has 0 spiro atoms. The van der Waals surface area contributed by atoms with Gasteiger partial charge in [-0.2, -0.15) is 0 Å². The highest BCUT2D eigenvalue weighted by atomic mass is 16.6. The van der Waals surface area contributed by atoms with Gasteiger partial charge in [0.1, 0.15) is 6.61 Å². The number of carbonyl (C=O) groups is 1. The lowest BCUT2D eigenvalue weighted by Gasteiger charge is -2.06. The summed E-state index contributed by atoms with van der Waals surface area (Å²) in [5.41, 5.74) is 6.22. The average Bonchev–Trinajstić information content (AvgIpc) is 3.04. The molecule has 1 aliphatic heterocycles. The summed E-state index contributed by atoms with van der Waals surface area (Å²) in [4.78, 5) is 25.8. The van der Waals surface area contributed by atoms with Crippen LogP contribution in [0.2, 0.25) is 0 Å². The summed E-state index contributed by atoms with van der Waals surface area (Å²) in [7, 11) is 0. The van der Waals surface area contributed by atoms with Gasteiger partial charge in [-0.05, 0) is 43.1 Å². The first-order valence-electron chi connectivity index (χ1n) is 6.97. The van der Waals surface area contributed by atoms with Gasteiger partial charge < -0.3 is 15.8 Å². The highest BCUT2D eigenvalue weighted by Crippen LogP contribution is 2.12. The lowest BCUT2D eigenvalue weighted by Crippen LogP contribution is -2.27. The minimum absolute atomic E-state index is 0.00195. The summed E-state index contributed by atoms with van der Waals surface area (Å²) in [5, 5.41) is 13.7. The maximum Gasteiger partial charge on any atom is 0.373 e. The Kier molecular flexibility index (Phi) is 5.42. The van der Waals surface area contributed by atoms with Crippen molar-refractivity contribution in [1.82, 2.24) is 5.32 Å². The predicted octanol–water partition coefficient (Wildman–Crippen LogP) is 0.605. The standard InChI is InChI=1S/C14H18N4O4/c15-13(17-8-11-5-6-16-7-11)14(19)22-9-10-1-3-12(4-2-10)18(20)21/h1-4,11,16H,5-9H2,(H2,15,17)/t11-/m0/s1. The van der Waals surface area contributed by atoms with Crippen LogP contribution in [0.25, 0.3) is 0 Å². The van der Waals surface area contributed by atoms with E-state index in [4.69, 9.17) is 10.5 Å². The van der Waals surface area contributed by atoms with Gasteiger partial charge in [0.25, 0.3) is 5.69 Å². The van der Waals surface area contributed by atoms with Crippen LogP contribution in [0.4, 0.5) is 5.69 Å². The summed E-state index contributed by atoms with van der Waals surface area (Å²) >= 11 is 0. The Balaban J connectivity index is 1.80. The van der Waals surface area contributed by atoms with Crippen LogP contribution in [-0.2, 0) is 16.1 Å². The summed E-state index contributed by atoms with van der Waals surface area (Å²) in [6, 6.07) is 5.77. The van der Waals surface area contributed by atoms with Gasteiger partial charge in [0.15, 0.2) is 0 Å². The fourth-order valence-electron chi connectivity index (χ4n) is 2.10. The number of non-ortho nitro benzene ring substituents is 1. The van der Waals surface area contributed by atoms with E-state index in [1.54, 1.807) is 0 Å². The molecule has 0 radical (unpaired) electrons. The van der Waals surface area contributed by atoms with E-state index in [1.807, 2.05) is 0 Å². The van der Waals surface area contributed by atoms with Crippen molar-refractivity contribution in [3.8, 4) is 0 Å². The number of nitro groups is 1. The fraction of sp³-hybridized carbons (Fsp3) is 0.429. The molecule has 8 nitrogen and oxygen atoms in total. The Morgan fingerprint density at radius 2 is 2.18 bits per heavy atom. The fourth-order valence-corrected chi connectivity index (χ4v) is 2.10. The zero-order chi connectivity index (χ0) is 15.9. The lowest BCUT2D eigenvalue weighted by atomic mass is 10.1. The van der Waals surface area contributed by atoms with E-state index in [9.17, 15) is 14.9 Å². The minimum Gasteiger partial charge on any atom is -0.455 e. The highest BCUT2D eigenvalue weighted by molar-refractivity contribution is 6.34. The number of hydrogen-bond donors (Lipinski definition) is 2. The maximum atomic E-state index is 11.7. The number of nitrogens with zero attached hydrogens (tertiary/aromatic N) is 2. The van der Waals surface area contributed by atoms with E-state index in [1.165, 1.54) is 24.3 Å². The van der Waals surface area contributed by atoms with E-state index in [0.29, 0.717) is 18.0 Å². The van der Waals surface area contributed by atoms with Crippen molar-refractivity contribution >= 4 is 17.5 Å². The average molecular weight is 306 g/mol. The Bertz CT molecular complexity index is 565. The number of hydrogen-bond acceptors (Lipinski definition) is 6. The van der Waals surface area contributed by atoms with Crippen molar-refractivity contribution < 1.29 is 14.5 Å². The third-order valence-electron chi connectivity index (χ3n) is 3.41. The molecule has 8 heteroatoms. The number of ether oxygens (including phenoxy) is 1. The normalized spacial score (nSPS) is 18.2. The second-order valence-corrected chi connectivity index (χ2v) is 5.08. The number of amidine groups is 1. The SMILES string of the molecule is NC(=NC[C@H]1CCNC1)C(=O)OCc1ccc([N+](=O)[O-])cc1. The molecule has 0 aliphatic carbocycles. The van der Waals surface area contributed by atoms with Crippen molar-refractivity contribution in [3.63, 3.8) is 0 Å². The molecule has 22 heavy (non-hydrogen) atoms. The lowest BCUT2D eigenvalue weighted by molar-refractivity contribution is -0.384. The number of rotatable bonds is 5. The summed E-state index contributed by atoms with van der Waals surface area (Å²) < 4.78 is 5.03. The van der Waals surface area contributed by atoms with Crippen LogP contribution in [0.1, 0.15) is 12.0 Å². The third kappa shape index (κ3) is 4.52. The van der Waals surface area contributed by atoms with Gasteiger partial charge in [-0.15, -0.1) is 0 Å². The first-order valence-corrected chi connectivity index (χ1v) is 6.97. The van der Waals surface area contributed by atoms with E-state index in [-0.39, 0.29) is 18.1 Å². The van der Waals surface area contributed by atoms with E-state index < -0.39 is 10.9 Å². The third-order valence-corrected chi connectivity index (χ3v) is 3.41. The topological polar surface area (TPSA) is 120 Å².